The van der Waals surface area contributed by atoms with Gasteiger partial charge in [-0.2, -0.15) is 0 Å². The monoisotopic (exact) mass is 382 g/mol. The Morgan fingerprint density at radius 2 is 2.00 bits per heavy atom. The lowest BCUT2D eigenvalue weighted by molar-refractivity contribution is -0.120. The van der Waals surface area contributed by atoms with Crippen molar-refractivity contribution in [3.05, 3.63) is 71.2 Å². The summed E-state index contributed by atoms with van der Waals surface area (Å²) in [6, 6.07) is 18.6. The van der Waals surface area contributed by atoms with Crippen LogP contribution in [0.4, 0.5) is 0 Å². The SMILES string of the molecule is Cc1cccc(-c2nc(CC(=O)NCCCSc3ccccc3)cs2)c1. The second kappa shape index (κ2) is 9.55. The van der Waals surface area contributed by atoms with Crippen LogP contribution in [0.2, 0.25) is 0 Å². The standard InChI is InChI=1S/C21H22N2OS2/c1-16-7-5-8-17(13-16)21-23-18(15-26-21)14-20(24)22-11-6-12-25-19-9-3-2-4-10-19/h2-5,7-10,13,15H,6,11-12,14H2,1H3,(H,22,24). The van der Waals surface area contributed by atoms with E-state index in [1.165, 1.54) is 10.5 Å². The zero-order valence-corrected chi connectivity index (χ0v) is 16.4. The van der Waals surface area contributed by atoms with Gasteiger partial charge in [0.2, 0.25) is 5.91 Å². The van der Waals surface area contributed by atoms with Crippen LogP contribution in [0.25, 0.3) is 10.6 Å². The highest BCUT2D eigenvalue weighted by molar-refractivity contribution is 7.99. The minimum absolute atomic E-state index is 0.0378. The highest BCUT2D eigenvalue weighted by Gasteiger charge is 2.09. The molecule has 5 heteroatoms. The van der Waals surface area contributed by atoms with Gasteiger partial charge in [-0.1, -0.05) is 42.0 Å². The molecule has 26 heavy (non-hydrogen) atoms. The first-order valence-electron chi connectivity index (χ1n) is 8.67. The summed E-state index contributed by atoms with van der Waals surface area (Å²) in [4.78, 5) is 18.0. The number of nitrogens with zero attached hydrogens (tertiary/aromatic N) is 1. The van der Waals surface area contributed by atoms with Crippen LogP contribution in [0.15, 0.2) is 64.9 Å². The predicted octanol–water partition coefficient (Wildman–Crippen LogP) is 4.96. The molecule has 0 aliphatic rings. The number of hydrogen-bond donors (Lipinski definition) is 1. The van der Waals surface area contributed by atoms with Crippen LogP contribution in [0.3, 0.4) is 0 Å². The van der Waals surface area contributed by atoms with Crippen molar-refractivity contribution in [2.24, 2.45) is 0 Å². The fourth-order valence-electron chi connectivity index (χ4n) is 2.53. The van der Waals surface area contributed by atoms with Crippen molar-refractivity contribution in [3.63, 3.8) is 0 Å². The molecule has 1 amide bonds. The lowest BCUT2D eigenvalue weighted by Gasteiger charge is -2.04. The van der Waals surface area contributed by atoms with Crippen LogP contribution in [0.1, 0.15) is 17.7 Å². The minimum atomic E-state index is 0.0378. The summed E-state index contributed by atoms with van der Waals surface area (Å²) in [5, 5.41) is 5.93. The van der Waals surface area contributed by atoms with Gasteiger partial charge in [0.15, 0.2) is 0 Å². The van der Waals surface area contributed by atoms with Crippen LogP contribution in [-0.4, -0.2) is 23.2 Å². The van der Waals surface area contributed by atoms with Crippen molar-refractivity contribution in [2.75, 3.05) is 12.3 Å². The van der Waals surface area contributed by atoms with E-state index in [0.29, 0.717) is 13.0 Å². The number of nitrogens with one attached hydrogen (secondary N) is 1. The fraction of sp³-hybridized carbons (Fsp3) is 0.238. The zero-order chi connectivity index (χ0) is 18.2. The number of carbonyl (C=O) groups excluding carboxylic acids is 1. The first kappa shape index (κ1) is 18.7. The average molecular weight is 383 g/mol. The highest BCUT2D eigenvalue weighted by atomic mass is 32.2. The number of rotatable bonds is 8. The Balaban J connectivity index is 1.40. The normalized spacial score (nSPS) is 10.7. The van der Waals surface area contributed by atoms with E-state index in [4.69, 9.17) is 0 Å². The van der Waals surface area contributed by atoms with Gasteiger partial charge in [0.1, 0.15) is 5.01 Å². The molecule has 3 rings (SSSR count). The number of hydrogen-bond acceptors (Lipinski definition) is 4. The third-order valence-electron chi connectivity index (χ3n) is 3.81. The Bertz CT molecular complexity index is 846. The van der Waals surface area contributed by atoms with Crippen molar-refractivity contribution >= 4 is 29.0 Å². The topological polar surface area (TPSA) is 42.0 Å². The van der Waals surface area contributed by atoms with E-state index in [9.17, 15) is 4.79 Å². The van der Waals surface area contributed by atoms with Gasteiger partial charge in [0.25, 0.3) is 0 Å². The molecular formula is C21H22N2OS2. The molecule has 0 fully saturated rings. The van der Waals surface area contributed by atoms with Crippen LogP contribution < -0.4 is 5.32 Å². The Morgan fingerprint density at radius 3 is 2.81 bits per heavy atom. The molecule has 0 saturated carbocycles. The maximum atomic E-state index is 12.1. The second-order valence-corrected chi connectivity index (χ2v) is 8.08. The van der Waals surface area contributed by atoms with Crippen LogP contribution >= 0.6 is 23.1 Å². The molecule has 1 heterocycles. The molecule has 1 N–H and O–H groups in total. The average Bonchev–Trinajstić information content (AvgIpc) is 3.11. The number of amides is 1. The molecule has 0 spiro atoms. The maximum Gasteiger partial charge on any atom is 0.226 e. The molecule has 0 aliphatic carbocycles. The zero-order valence-electron chi connectivity index (χ0n) is 14.8. The van der Waals surface area contributed by atoms with E-state index in [-0.39, 0.29) is 5.91 Å². The lowest BCUT2D eigenvalue weighted by atomic mass is 10.1. The van der Waals surface area contributed by atoms with Crippen molar-refractivity contribution in [1.82, 2.24) is 10.3 Å². The van der Waals surface area contributed by atoms with Gasteiger partial charge in [-0.15, -0.1) is 23.1 Å². The Labute approximate surface area is 162 Å². The quantitative estimate of drug-likeness (QED) is 0.442. The molecular weight excluding hydrogens is 360 g/mol. The van der Waals surface area contributed by atoms with E-state index in [1.54, 1.807) is 11.3 Å². The van der Waals surface area contributed by atoms with E-state index >= 15 is 0 Å². The summed E-state index contributed by atoms with van der Waals surface area (Å²) >= 11 is 3.40. The number of carbonyl (C=O) groups is 1. The van der Waals surface area contributed by atoms with Gasteiger partial charge in [0.05, 0.1) is 12.1 Å². The van der Waals surface area contributed by atoms with Crippen LogP contribution in [-0.2, 0) is 11.2 Å². The summed E-state index contributed by atoms with van der Waals surface area (Å²) in [7, 11) is 0. The smallest absolute Gasteiger partial charge is 0.226 e. The first-order chi connectivity index (χ1) is 12.7. The lowest BCUT2D eigenvalue weighted by Crippen LogP contribution is -2.26. The molecule has 0 unspecified atom stereocenters. The van der Waals surface area contributed by atoms with Crippen molar-refractivity contribution in [2.45, 2.75) is 24.7 Å². The molecule has 2 aromatic carbocycles. The molecule has 0 aliphatic heterocycles. The summed E-state index contributed by atoms with van der Waals surface area (Å²) in [5.41, 5.74) is 3.16. The molecule has 0 bridgehead atoms. The Hall–Kier alpha value is -2.11. The van der Waals surface area contributed by atoms with Gasteiger partial charge in [0, 0.05) is 22.4 Å². The maximum absolute atomic E-state index is 12.1. The highest BCUT2D eigenvalue weighted by Crippen LogP contribution is 2.24. The minimum Gasteiger partial charge on any atom is -0.356 e. The molecule has 1 aromatic heterocycles. The molecule has 3 nitrogen and oxygen atoms in total. The molecule has 0 atom stereocenters. The van der Waals surface area contributed by atoms with Gasteiger partial charge in [-0.05, 0) is 37.3 Å². The summed E-state index contributed by atoms with van der Waals surface area (Å²) in [6.07, 6.45) is 1.30. The number of thiazole rings is 1. The molecule has 134 valence electrons. The Kier molecular flexibility index (Phi) is 6.86. The van der Waals surface area contributed by atoms with Crippen LogP contribution in [0.5, 0.6) is 0 Å². The summed E-state index contributed by atoms with van der Waals surface area (Å²) in [6.45, 7) is 2.77. The number of thioether (sulfide) groups is 1. The second-order valence-electron chi connectivity index (χ2n) is 6.06. The number of aryl methyl sites for hydroxylation is 1. The third-order valence-corrected chi connectivity index (χ3v) is 5.85. The molecule has 0 saturated heterocycles. The summed E-state index contributed by atoms with van der Waals surface area (Å²) in [5.74, 6) is 1.04. The number of aromatic nitrogens is 1. The van der Waals surface area contributed by atoms with E-state index in [0.717, 1.165) is 28.4 Å². The largest absolute Gasteiger partial charge is 0.356 e. The van der Waals surface area contributed by atoms with E-state index in [1.807, 2.05) is 41.4 Å². The third kappa shape index (κ3) is 5.71. The van der Waals surface area contributed by atoms with E-state index in [2.05, 4.69) is 47.6 Å². The van der Waals surface area contributed by atoms with Gasteiger partial charge < -0.3 is 5.32 Å². The van der Waals surface area contributed by atoms with Crippen molar-refractivity contribution in [1.29, 1.82) is 0 Å². The number of benzene rings is 2. The van der Waals surface area contributed by atoms with Crippen molar-refractivity contribution in [3.8, 4) is 10.6 Å². The van der Waals surface area contributed by atoms with Gasteiger partial charge in [-0.3, -0.25) is 4.79 Å². The van der Waals surface area contributed by atoms with Gasteiger partial charge >= 0.3 is 0 Å². The molecule has 3 aromatic rings. The van der Waals surface area contributed by atoms with E-state index < -0.39 is 0 Å². The van der Waals surface area contributed by atoms with Crippen LogP contribution in [0, 0.1) is 6.92 Å². The predicted molar refractivity (Wildman–Crippen MR) is 111 cm³/mol. The first-order valence-corrected chi connectivity index (χ1v) is 10.5. The Morgan fingerprint density at radius 1 is 1.15 bits per heavy atom. The van der Waals surface area contributed by atoms with Gasteiger partial charge in [-0.25, -0.2) is 4.98 Å². The fourth-order valence-corrected chi connectivity index (χ4v) is 4.22. The van der Waals surface area contributed by atoms with Crippen molar-refractivity contribution < 1.29 is 4.79 Å². The molecule has 0 radical (unpaired) electrons. The summed E-state index contributed by atoms with van der Waals surface area (Å²) < 4.78 is 0.